The van der Waals surface area contributed by atoms with E-state index in [1.165, 1.54) is 18.5 Å². The fraction of sp³-hybridized carbons (Fsp3) is 0.727. The van der Waals surface area contributed by atoms with E-state index in [-0.39, 0.29) is 0 Å². The van der Waals surface area contributed by atoms with Gasteiger partial charge in [0.15, 0.2) is 0 Å². The molecule has 1 heterocycles. The summed E-state index contributed by atoms with van der Waals surface area (Å²) in [5, 5.41) is 7.60. The van der Waals surface area contributed by atoms with Crippen LogP contribution in [0.4, 0.5) is 0 Å². The van der Waals surface area contributed by atoms with Crippen molar-refractivity contribution in [2.45, 2.75) is 32.2 Å². The highest BCUT2D eigenvalue weighted by molar-refractivity contribution is 5.13. The SMILES string of the molecule is CCn1nccc1C1CCC1CNC. The summed E-state index contributed by atoms with van der Waals surface area (Å²) >= 11 is 0. The maximum Gasteiger partial charge on any atom is 0.0492 e. The Morgan fingerprint density at radius 2 is 2.43 bits per heavy atom. The lowest BCUT2D eigenvalue weighted by Crippen LogP contribution is -2.33. The van der Waals surface area contributed by atoms with Crippen LogP contribution in [0.5, 0.6) is 0 Å². The molecule has 1 aromatic heterocycles. The Balaban J connectivity index is 2.07. The molecule has 2 rings (SSSR count). The van der Waals surface area contributed by atoms with Crippen molar-refractivity contribution in [2.24, 2.45) is 5.92 Å². The number of hydrogen-bond donors (Lipinski definition) is 1. The fourth-order valence-corrected chi connectivity index (χ4v) is 2.39. The van der Waals surface area contributed by atoms with Crippen LogP contribution in [0.15, 0.2) is 12.3 Å². The van der Waals surface area contributed by atoms with Crippen molar-refractivity contribution in [2.75, 3.05) is 13.6 Å². The molecular formula is C11H19N3. The van der Waals surface area contributed by atoms with E-state index in [9.17, 15) is 0 Å². The van der Waals surface area contributed by atoms with Gasteiger partial charge in [0.05, 0.1) is 0 Å². The molecule has 1 aromatic rings. The first-order valence-electron chi connectivity index (χ1n) is 5.53. The predicted octanol–water partition coefficient (Wildman–Crippen LogP) is 1.62. The lowest BCUT2D eigenvalue weighted by molar-refractivity contribution is 0.238. The minimum absolute atomic E-state index is 0.741. The molecule has 1 aliphatic rings. The van der Waals surface area contributed by atoms with E-state index in [0.717, 1.165) is 24.9 Å². The molecule has 0 aromatic carbocycles. The molecule has 0 saturated heterocycles. The molecule has 0 amide bonds. The maximum absolute atomic E-state index is 4.33. The Kier molecular flexibility index (Phi) is 2.87. The predicted molar refractivity (Wildman–Crippen MR) is 57.3 cm³/mol. The molecule has 1 saturated carbocycles. The lowest BCUT2D eigenvalue weighted by Gasteiger charge is -2.36. The zero-order valence-electron chi connectivity index (χ0n) is 9.03. The minimum atomic E-state index is 0.741. The Labute approximate surface area is 85.5 Å². The summed E-state index contributed by atoms with van der Waals surface area (Å²) in [6.45, 7) is 4.28. The van der Waals surface area contributed by atoms with Crippen LogP contribution < -0.4 is 5.32 Å². The molecule has 0 radical (unpaired) electrons. The van der Waals surface area contributed by atoms with Gasteiger partial charge in [0, 0.05) is 24.4 Å². The molecule has 1 N–H and O–H groups in total. The summed E-state index contributed by atoms with van der Waals surface area (Å²) in [5.41, 5.74) is 1.43. The van der Waals surface area contributed by atoms with Crippen LogP contribution in [0.2, 0.25) is 0 Å². The molecule has 1 fully saturated rings. The van der Waals surface area contributed by atoms with Crippen molar-refractivity contribution in [3.63, 3.8) is 0 Å². The van der Waals surface area contributed by atoms with Crippen LogP contribution in [0.25, 0.3) is 0 Å². The summed E-state index contributed by atoms with van der Waals surface area (Å²) < 4.78 is 2.13. The number of aryl methyl sites for hydroxylation is 1. The van der Waals surface area contributed by atoms with Crippen molar-refractivity contribution < 1.29 is 0 Å². The Morgan fingerprint density at radius 1 is 1.57 bits per heavy atom. The van der Waals surface area contributed by atoms with Crippen LogP contribution in [0.1, 0.15) is 31.4 Å². The van der Waals surface area contributed by atoms with Gasteiger partial charge in [-0.15, -0.1) is 0 Å². The molecule has 0 aliphatic heterocycles. The highest BCUT2D eigenvalue weighted by atomic mass is 15.3. The van der Waals surface area contributed by atoms with E-state index >= 15 is 0 Å². The molecule has 2 atom stereocenters. The average molecular weight is 193 g/mol. The van der Waals surface area contributed by atoms with Crippen molar-refractivity contribution in [1.29, 1.82) is 0 Å². The number of aromatic nitrogens is 2. The van der Waals surface area contributed by atoms with Crippen LogP contribution in [0, 0.1) is 5.92 Å². The number of nitrogens with one attached hydrogen (secondary N) is 1. The Hall–Kier alpha value is -0.830. The third kappa shape index (κ3) is 1.57. The van der Waals surface area contributed by atoms with E-state index in [0.29, 0.717) is 0 Å². The van der Waals surface area contributed by atoms with Crippen molar-refractivity contribution >= 4 is 0 Å². The van der Waals surface area contributed by atoms with E-state index in [1.54, 1.807) is 0 Å². The summed E-state index contributed by atoms with van der Waals surface area (Å²) in [4.78, 5) is 0. The van der Waals surface area contributed by atoms with Gasteiger partial charge in [0.1, 0.15) is 0 Å². The normalized spacial score (nSPS) is 26.1. The number of rotatable bonds is 4. The van der Waals surface area contributed by atoms with Crippen LogP contribution in [-0.4, -0.2) is 23.4 Å². The van der Waals surface area contributed by atoms with Crippen molar-refractivity contribution in [1.82, 2.24) is 15.1 Å². The van der Waals surface area contributed by atoms with Gasteiger partial charge in [-0.2, -0.15) is 5.10 Å². The van der Waals surface area contributed by atoms with Gasteiger partial charge in [-0.1, -0.05) is 0 Å². The Morgan fingerprint density at radius 3 is 3.00 bits per heavy atom. The summed E-state index contributed by atoms with van der Waals surface area (Å²) in [5.74, 6) is 1.56. The average Bonchev–Trinajstić information content (AvgIpc) is 2.60. The van der Waals surface area contributed by atoms with Crippen LogP contribution in [-0.2, 0) is 6.54 Å². The van der Waals surface area contributed by atoms with E-state index < -0.39 is 0 Å². The topological polar surface area (TPSA) is 29.9 Å². The van der Waals surface area contributed by atoms with Gasteiger partial charge < -0.3 is 5.32 Å². The van der Waals surface area contributed by atoms with Gasteiger partial charge in [-0.25, -0.2) is 0 Å². The molecule has 78 valence electrons. The smallest absolute Gasteiger partial charge is 0.0492 e. The molecular weight excluding hydrogens is 174 g/mol. The van der Waals surface area contributed by atoms with Gasteiger partial charge in [0.2, 0.25) is 0 Å². The molecule has 3 heteroatoms. The van der Waals surface area contributed by atoms with Crippen molar-refractivity contribution in [3.05, 3.63) is 18.0 Å². The summed E-state index contributed by atoms with van der Waals surface area (Å²) in [7, 11) is 2.03. The highest BCUT2D eigenvalue weighted by Crippen LogP contribution is 2.41. The van der Waals surface area contributed by atoms with Gasteiger partial charge in [-0.05, 0) is 45.3 Å². The van der Waals surface area contributed by atoms with Gasteiger partial charge in [0.25, 0.3) is 0 Å². The largest absolute Gasteiger partial charge is 0.319 e. The first-order chi connectivity index (χ1) is 6.86. The quantitative estimate of drug-likeness (QED) is 0.787. The molecule has 14 heavy (non-hydrogen) atoms. The van der Waals surface area contributed by atoms with E-state index in [2.05, 4.69) is 28.1 Å². The fourth-order valence-electron chi connectivity index (χ4n) is 2.39. The second kappa shape index (κ2) is 4.13. The standard InChI is InChI=1S/C11H19N3/c1-3-14-11(6-7-13-14)10-5-4-9(10)8-12-2/h6-7,9-10,12H,3-5,8H2,1-2H3. The second-order valence-electron chi connectivity index (χ2n) is 4.07. The third-order valence-corrected chi connectivity index (χ3v) is 3.31. The van der Waals surface area contributed by atoms with Gasteiger partial charge in [-0.3, -0.25) is 4.68 Å². The van der Waals surface area contributed by atoms with Crippen LogP contribution >= 0.6 is 0 Å². The first-order valence-corrected chi connectivity index (χ1v) is 5.53. The van der Waals surface area contributed by atoms with Gasteiger partial charge >= 0.3 is 0 Å². The monoisotopic (exact) mass is 193 g/mol. The molecule has 0 bridgehead atoms. The number of nitrogens with zero attached hydrogens (tertiary/aromatic N) is 2. The molecule has 0 spiro atoms. The van der Waals surface area contributed by atoms with E-state index in [4.69, 9.17) is 0 Å². The zero-order valence-corrected chi connectivity index (χ0v) is 9.03. The maximum atomic E-state index is 4.33. The number of hydrogen-bond acceptors (Lipinski definition) is 2. The Bertz CT molecular complexity index is 292. The summed E-state index contributed by atoms with van der Waals surface area (Å²) in [6.07, 6.45) is 4.62. The zero-order chi connectivity index (χ0) is 9.97. The highest BCUT2D eigenvalue weighted by Gasteiger charge is 2.33. The first kappa shape index (κ1) is 9.71. The molecule has 1 aliphatic carbocycles. The second-order valence-corrected chi connectivity index (χ2v) is 4.07. The van der Waals surface area contributed by atoms with Crippen LogP contribution in [0.3, 0.4) is 0 Å². The molecule has 2 unspecified atom stereocenters. The lowest BCUT2D eigenvalue weighted by atomic mass is 9.72. The van der Waals surface area contributed by atoms with E-state index in [1.807, 2.05) is 13.2 Å². The minimum Gasteiger partial charge on any atom is -0.319 e. The van der Waals surface area contributed by atoms with Crippen molar-refractivity contribution in [3.8, 4) is 0 Å². The summed E-state index contributed by atoms with van der Waals surface area (Å²) in [6, 6.07) is 2.18. The third-order valence-electron chi connectivity index (χ3n) is 3.31. The molecule has 3 nitrogen and oxygen atoms in total.